The van der Waals surface area contributed by atoms with Crippen LogP contribution in [0.1, 0.15) is 38.9 Å². The third-order valence-corrected chi connectivity index (χ3v) is 5.75. The van der Waals surface area contributed by atoms with Crippen molar-refractivity contribution >= 4 is 28.0 Å². The van der Waals surface area contributed by atoms with Gasteiger partial charge in [-0.1, -0.05) is 66.2 Å². The van der Waals surface area contributed by atoms with Crippen molar-refractivity contribution in [1.29, 1.82) is 0 Å². The lowest BCUT2D eigenvalue weighted by Gasteiger charge is -2.07. The minimum Gasteiger partial charge on any atom is -0.462 e. The highest BCUT2D eigenvalue weighted by Gasteiger charge is 2.22. The Labute approximate surface area is 191 Å². The molecule has 5 nitrogen and oxygen atoms in total. The van der Waals surface area contributed by atoms with E-state index in [1.807, 2.05) is 79.7 Å². The van der Waals surface area contributed by atoms with Gasteiger partial charge in [0, 0.05) is 11.1 Å². The molecule has 0 saturated carbocycles. The van der Waals surface area contributed by atoms with E-state index < -0.39 is 5.97 Å². The van der Waals surface area contributed by atoms with E-state index in [0.29, 0.717) is 22.3 Å². The lowest BCUT2D eigenvalue weighted by atomic mass is 10.0. The smallest absolute Gasteiger partial charge is 0.340 e. The van der Waals surface area contributed by atoms with Crippen molar-refractivity contribution in [3.8, 4) is 11.3 Å². The first kappa shape index (κ1) is 20.6. The Morgan fingerprint density at radius 1 is 0.909 bits per heavy atom. The predicted octanol–water partition coefficient (Wildman–Crippen LogP) is 5.87. The zero-order chi connectivity index (χ0) is 22.9. The van der Waals surface area contributed by atoms with Crippen molar-refractivity contribution in [2.45, 2.75) is 13.8 Å². The summed E-state index contributed by atoms with van der Waals surface area (Å²) in [5.41, 5.74) is 4.65. The number of esters is 1. The van der Waals surface area contributed by atoms with Gasteiger partial charge in [-0.25, -0.2) is 9.78 Å². The second kappa shape index (κ2) is 8.36. The molecule has 0 aliphatic carbocycles. The number of nitrogens with zero attached hydrogens (tertiary/aromatic N) is 2. The van der Waals surface area contributed by atoms with E-state index in [1.165, 1.54) is 0 Å². The molecule has 2 aromatic heterocycles. The van der Waals surface area contributed by atoms with Crippen molar-refractivity contribution in [2.75, 3.05) is 6.61 Å². The molecule has 0 bridgehead atoms. The van der Waals surface area contributed by atoms with Crippen LogP contribution in [0, 0.1) is 6.92 Å². The van der Waals surface area contributed by atoms with Crippen molar-refractivity contribution in [1.82, 2.24) is 9.38 Å². The monoisotopic (exact) mass is 434 g/mol. The molecular weight excluding hydrogens is 412 g/mol. The summed E-state index contributed by atoms with van der Waals surface area (Å²) >= 11 is 0. The normalized spacial score (nSPS) is 11.1. The topological polar surface area (TPSA) is 60.7 Å². The molecular formula is C28H22N2O3. The Morgan fingerprint density at radius 3 is 2.42 bits per heavy atom. The first-order valence-electron chi connectivity index (χ1n) is 10.8. The molecule has 0 radical (unpaired) electrons. The van der Waals surface area contributed by atoms with Crippen LogP contribution in [0.25, 0.3) is 27.5 Å². The summed E-state index contributed by atoms with van der Waals surface area (Å²) in [7, 11) is 0. The molecule has 5 rings (SSSR count). The molecule has 0 aliphatic rings. The second-order valence-corrected chi connectivity index (χ2v) is 7.95. The number of ether oxygens (including phenoxy) is 1. The number of aromatic nitrogens is 2. The summed E-state index contributed by atoms with van der Waals surface area (Å²) in [6.07, 6.45) is 1.60. The second-order valence-electron chi connectivity index (χ2n) is 7.95. The van der Waals surface area contributed by atoms with Gasteiger partial charge in [0.25, 0.3) is 0 Å². The molecule has 0 saturated heterocycles. The molecule has 5 heteroatoms. The number of fused-ring (bicyclic) bond motifs is 2. The maximum Gasteiger partial charge on any atom is 0.340 e. The number of rotatable bonds is 5. The number of hydrogen-bond acceptors (Lipinski definition) is 4. The maximum atomic E-state index is 13.5. The molecule has 0 aliphatic heterocycles. The van der Waals surface area contributed by atoms with Crippen LogP contribution < -0.4 is 0 Å². The van der Waals surface area contributed by atoms with Gasteiger partial charge in [0.15, 0.2) is 0 Å². The van der Waals surface area contributed by atoms with Crippen LogP contribution in [-0.2, 0) is 4.74 Å². The molecule has 0 spiro atoms. The van der Waals surface area contributed by atoms with E-state index in [2.05, 4.69) is 4.98 Å². The molecule has 0 amide bonds. The number of ketones is 1. The van der Waals surface area contributed by atoms with Gasteiger partial charge in [-0.2, -0.15) is 0 Å². The molecule has 162 valence electrons. The Hall–Kier alpha value is -4.25. The van der Waals surface area contributed by atoms with E-state index in [9.17, 15) is 9.59 Å². The fourth-order valence-electron chi connectivity index (χ4n) is 4.01. The lowest BCUT2D eigenvalue weighted by molar-refractivity contribution is 0.0529. The van der Waals surface area contributed by atoms with Crippen LogP contribution in [0.4, 0.5) is 0 Å². The molecule has 5 aromatic rings. The Bertz CT molecular complexity index is 1510. The highest BCUT2D eigenvalue weighted by molar-refractivity contribution is 6.12. The van der Waals surface area contributed by atoms with Gasteiger partial charge < -0.3 is 4.74 Å². The highest BCUT2D eigenvalue weighted by Crippen LogP contribution is 2.26. The van der Waals surface area contributed by atoms with Crippen molar-refractivity contribution in [3.05, 3.63) is 108 Å². The van der Waals surface area contributed by atoms with Gasteiger partial charge in [-0.05, 0) is 42.8 Å². The van der Waals surface area contributed by atoms with Gasteiger partial charge in [-0.3, -0.25) is 9.20 Å². The predicted molar refractivity (Wildman–Crippen MR) is 129 cm³/mol. The average Bonchev–Trinajstić information content (AvgIpc) is 3.23. The summed E-state index contributed by atoms with van der Waals surface area (Å²) in [4.78, 5) is 30.8. The number of carbonyl (C=O) groups excluding carboxylic acids is 2. The third-order valence-electron chi connectivity index (χ3n) is 5.75. The number of benzene rings is 3. The van der Waals surface area contributed by atoms with E-state index >= 15 is 0 Å². The Morgan fingerprint density at radius 2 is 1.67 bits per heavy atom. The maximum absolute atomic E-state index is 13.5. The van der Waals surface area contributed by atoms with Crippen LogP contribution in [0.3, 0.4) is 0 Å². The van der Waals surface area contributed by atoms with Crippen LogP contribution >= 0.6 is 0 Å². The lowest BCUT2D eigenvalue weighted by Crippen LogP contribution is -2.05. The van der Waals surface area contributed by atoms with E-state index in [4.69, 9.17) is 4.74 Å². The molecule has 2 heterocycles. The zero-order valence-electron chi connectivity index (χ0n) is 18.4. The van der Waals surface area contributed by atoms with Crippen LogP contribution in [0.15, 0.2) is 85.2 Å². The minimum absolute atomic E-state index is 0.184. The van der Waals surface area contributed by atoms with Crippen LogP contribution in [0.5, 0.6) is 0 Å². The molecule has 0 unspecified atom stereocenters. The first-order valence-corrected chi connectivity index (χ1v) is 10.8. The Kier molecular flexibility index (Phi) is 5.23. The van der Waals surface area contributed by atoms with Crippen molar-refractivity contribution in [2.24, 2.45) is 0 Å². The molecule has 33 heavy (non-hydrogen) atoms. The summed E-state index contributed by atoms with van der Waals surface area (Å²) in [5.74, 6) is -0.648. The fraction of sp³-hybridized carbons (Fsp3) is 0.107. The summed E-state index contributed by atoms with van der Waals surface area (Å²) in [6.45, 7) is 4.04. The molecule has 0 N–H and O–H groups in total. The minimum atomic E-state index is -0.464. The van der Waals surface area contributed by atoms with E-state index in [0.717, 1.165) is 27.6 Å². The Balaban J connectivity index is 1.65. The standard InChI is InChI=1S/C28H22N2O3/c1-3-33-28(32)23-15-26(27(31)22-13-12-19-6-4-5-7-21(19)14-22)30-17-29-24(16-25(23)30)20-10-8-18(2)9-11-20/h4-17H,3H2,1-2H3. The summed E-state index contributed by atoms with van der Waals surface area (Å²) < 4.78 is 6.94. The molecule has 0 atom stereocenters. The first-order chi connectivity index (χ1) is 16.0. The van der Waals surface area contributed by atoms with Gasteiger partial charge in [-0.15, -0.1) is 0 Å². The van der Waals surface area contributed by atoms with Crippen LogP contribution in [0.2, 0.25) is 0 Å². The SMILES string of the molecule is CCOC(=O)c1cc(C(=O)c2ccc3ccccc3c2)n2cnc(-c3ccc(C)cc3)cc12. The largest absolute Gasteiger partial charge is 0.462 e. The summed E-state index contributed by atoms with van der Waals surface area (Å²) in [6, 6.07) is 24.9. The average molecular weight is 434 g/mol. The van der Waals surface area contributed by atoms with Gasteiger partial charge in [0.2, 0.25) is 5.78 Å². The quantitative estimate of drug-likeness (QED) is 0.256. The van der Waals surface area contributed by atoms with Crippen LogP contribution in [-0.4, -0.2) is 27.7 Å². The van der Waals surface area contributed by atoms with Gasteiger partial charge in [0.1, 0.15) is 6.33 Å². The fourth-order valence-corrected chi connectivity index (χ4v) is 4.01. The third kappa shape index (κ3) is 3.78. The highest BCUT2D eigenvalue weighted by atomic mass is 16.5. The number of aryl methyl sites for hydroxylation is 1. The molecule has 0 fully saturated rings. The number of hydrogen-bond donors (Lipinski definition) is 0. The van der Waals surface area contributed by atoms with Crippen molar-refractivity contribution < 1.29 is 14.3 Å². The van der Waals surface area contributed by atoms with E-state index in [1.54, 1.807) is 23.7 Å². The van der Waals surface area contributed by atoms with Gasteiger partial charge in [0.05, 0.1) is 29.1 Å². The van der Waals surface area contributed by atoms with Gasteiger partial charge >= 0.3 is 5.97 Å². The summed E-state index contributed by atoms with van der Waals surface area (Å²) in [5, 5.41) is 2.04. The molecule has 3 aromatic carbocycles. The van der Waals surface area contributed by atoms with E-state index in [-0.39, 0.29) is 12.4 Å². The van der Waals surface area contributed by atoms with Crippen molar-refractivity contribution in [3.63, 3.8) is 0 Å². The number of carbonyl (C=O) groups is 2. The zero-order valence-corrected chi connectivity index (χ0v) is 18.4.